The van der Waals surface area contributed by atoms with Gasteiger partial charge in [0.2, 0.25) is 0 Å². The summed E-state index contributed by atoms with van der Waals surface area (Å²) in [6.45, 7) is 2.03. The second kappa shape index (κ2) is 5.10. The van der Waals surface area contributed by atoms with Crippen LogP contribution >= 0.6 is 0 Å². The molecule has 8 nitrogen and oxygen atoms in total. The van der Waals surface area contributed by atoms with Gasteiger partial charge in [0.15, 0.2) is 5.76 Å². The predicted molar refractivity (Wildman–Crippen MR) is 51.6 cm³/mol. The number of carbonyl (C=O) groups excluding carboxylic acids is 2. The van der Waals surface area contributed by atoms with Crippen LogP contribution in [0.5, 0.6) is 0 Å². The van der Waals surface area contributed by atoms with Gasteiger partial charge >= 0.3 is 24.1 Å². The average Bonchev–Trinajstić information content (AvgIpc) is 2.54. The van der Waals surface area contributed by atoms with Gasteiger partial charge < -0.3 is 13.9 Å². The maximum absolute atomic E-state index is 10.8. The van der Waals surface area contributed by atoms with E-state index in [0.29, 0.717) is 0 Å². The minimum atomic E-state index is -1.74. The van der Waals surface area contributed by atoms with E-state index in [0.717, 1.165) is 13.8 Å². The van der Waals surface area contributed by atoms with E-state index in [4.69, 9.17) is 2.74 Å². The fourth-order valence-electron chi connectivity index (χ4n) is 0.893. The topological polar surface area (TPSA) is 109 Å². The molecule has 0 N–H and O–H groups in total. The SMILES string of the molecule is [2H]c1c(C(OC(C)=O)OC(C)=O)oc([N+](=O)[O-])c1[2H]. The number of rotatable bonds is 4. The number of furan rings is 1. The summed E-state index contributed by atoms with van der Waals surface area (Å²) >= 11 is 0. The van der Waals surface area contributed by atoms with Crippen molar-refractivity contribution in [2.24, 2.45) is 0 Å². The average molecular weight is 245 g/mol. The molecular formula is C9H9NO7. The van der Waals surface area contributed by atoms with E-state index in [9.17, 15) is 19.7 Å². The van der Waals surface area contributed by atoms with Gasteiger partial charge in [-0.05, 0) is 6.04 Å². The third kappa shape index (κ3) is 3.59. The Hall–Kier alpha value is -2.38. The van der Waals surface area contributed by atoms with Crippen LogP contribution < -0.4 is 0 Å². The van der Waals surface area contributed by atoms with Gasteiger partial charge in [0, 0.05) is 13.8 Å². The Labute approximate surface area is 98.1 Å². The molecule has 1 rings (SSSR count). The highest BCUT2D eigenvalue weighted by molar-refractivity contribution is 5.68. The van der Waals surface area contributed by atoms with Crippen LogP contribution in [0.4, 0.5) is 5.88 Å². The molecule has 0 saturated heterocycles. The quantitative estimate of drug-likeness (QED) is 0.340. The van der Waals surface area contributed by atoms with Crippen molar-refractivity contribution in [3.63, 3.8) is 0 Å². The van der Waals surface area contributed by atoms with Gasteiger partial charge in [-0.3, -0.25) is 19.7 Å². The second-order valence-corrected chi connectivity index (χ2v) is 2.83. The molecule has 0 unspecified atom stereocenters. The van der Waals surface area contributed by atoms with Crippen LogP contribution in [0.15, 0.2) is 16.5 Å². The van der Waals surface area contributed by atoms with Crippen LogP contribution in [0.2, 0.25) is 0 Å². The summed E-state index contributed by atoms with van der Waals surface area (Å²) in [5, 5.41) is 10.5. The molecule has 0 radical (unpaired) electrons. The molecule has 1 heterocycles. The molecular weight excluding hydrogens is 234 g/mol. The highest BCUT2D eigenvalue weighted by Crippen LogP contribution is 2.25. The third-order valence-corrected chi connectivity index (χ3v) is 1.43. The zero-order chi connectivity index (χ0) is 14.7. The number of nitro groups is 1. The lowest BCUT2D eigenvalue weighted by Gasteiger charge is -2.13. The first kappa shape index (κ1) is 9.82. The van der Waals surface area contributed by atoms with Crippen LogP contribution in [0.1, 0.15) is 28.6 Å². The van der Waals surface area contributed by atoms with E-state index in [-0.39, 0.29) is 0 Å². The Morgan fingerprint density at radius 1 is 1.41 bits per heavy atom. The number of hydrogen-bond acceptors (Lipinski definition) is 7. The predicted octanol–water partition coefficient (Wildman–Crippen LogP) is 1.31. The molecule has 0 amide bonds. The first-order valence-electron chi connectivity index (χ1n) is 5.32. The molecule has 0 fully saturated rings. The molecule has 0 aromatic carbocycles. The van der Waals surface area contributed by atoms with E-state index in [1.807, 2.05) is 0 Å². The lowest BCUT2D eigenvalue weighted by atomic mass is 10.4. The molecule has 0 aliphatic rings. The number of ether oxygens (including phenoxy) is 2. The van der Waals surface area contributed by atoms with Gasteiger partial charge in [0.25, 0.3) is 0 Å². The molecule has 0 atom stereocenters. The lowest BCUT2D eigenvalue weighted by molar-refractivity contribution is -0.402. The van der Waals surface area contributed by atoms with Crippen LogP contribution in [-0.4, -0.2) is 16.9 Å². The van der Waals surface area contributed by atoms with Crippen molar-refractivity contribution in [2.45, 2.75) is 20.1 Å². The van der Waals surface area contributed by atoms with Crippen molar-refractivity contribution in [1.82, 2.24) is 0 Å². The Balaban J connectivity index is 3.22. The highest BCUT2D eigenvalue weighted by Gasteiger charge is 2.24. The summed E-state index contributed by atoms with van der Waals surface area (Å²) in [7, 11) is 0. The molecule has 92 valence electrons. The molecule has 0 aliphatic carbocycles. The normalized spacial score (nSPS) is 11.7. The van der Waals surface area contributed by atoms with Gasteiger partial charge in [-0.2, -0.15) is 0 Å². The van der Waals surface area contributed by atoms with Gasteiger partial charge in [0.1, 0.15) is 4.92 Å². The Kier molecular flexibility index (Phi) is 2.95. The van der Waals surface area contributed by atoms with E-state index < -0.39 is 46.9 Å². The summed E-state index contributed by atoms with van der Waals surface area (Å²) in [4.78, 5) is 31.2. The summed E-state index contributed by atoms with van der Waals surface area (Å²) in [5.41, 5.74) is 0. The largest absolute Gasteiger partial charge is 0.433 e. The van der Waals surface area contributed by atoms with Crippen molar-refractivity contribution in [1.29, 1.82) is 0 Å². The summed E-state index contributed by atoms with van der Waals surface area (Å²) in [6, 6.07) is -1.50. The van der Waals surface area contributed by atoms with E-state index in [2.05, 4.69) is 13.9 Å². The molecule has 0 aliphatic heterocycles. The first-order valence-corrected chi connectivity index (χ1v) is 4.32. The number of esters is 2. The fourth-order valence-corrected chi connectivity index (χ4v) is 0.893. The van der Waals surface area contributed by atoms with E-state index >= 15 is 0 Å². The molecule has 0 bridgehead atoms. The highest BCUT2D eigenvalue weighted by atomic mass is 16.7. The molecule has 1 aromatic rings. The number of hydrogen-bond donors (Lipinski definition) is 0. The monoisotopic (exact) mass is 245 g/mol. The zero-order valence-corrected chi connectivity index (χ0v) is 8.88. The van der Waals surface area contributed by atoms with Crippen LogP contribution in [0, 0.1) is 10.1 Å². The maximum Gasteiger partial charge on any atom is 0.433 e. The van der Waals surface area contributed by atoms with E-state index in [1.54, 1.807) is 0 Å². The van der Waals surface area contributed by atoms with Gasteiger partial charge in [-0.15, -0.1) is 0 Å². The van der Waals surface area contributed by atoms with Crippen LogP contribution in [-0.2, 0) is 19.1 Å². The van der Waals surface area contributed by atoms with Crippen molar-refractivity contribution < 1.29 is 31.1 Å². The minimum Gasteiger partial charge on any atom is -0.417 e. The van der Waals surface area contributed by atoms with E-state index in [1.165, 1.54) is 0 Å². The van der Waals surface area contributed by atoms with Gasteiger partial charge in [-0.1, -0.05) is 0 Å². The molecule has 1 aromatic heterocycles. The molecule has 17 heavy (non-hydrogen) atoms. The summed E-state index contributed by atoms with van der Waals surface area (Å²) < 4.78 is 28.6. The van der Waals surface area contributed by atoms with Crippen molar-refractivity contribution in [2.75, 3.05) is 0 Å². The third-order valence-electron chi connectivity index (χ3n) is 1.43. The standard InChI is InChI=1S/C9H9NO7/c1-5(11)15-9(16-6(2)12)7-3-4-8(17-7)10(13)14/h3-4,9H,1-2H3/i3D,4D. The fraction of sp³-hybridized carbons (Fsp3) is 0.333. The zero-order valence-electron chi connectivity index (χ0n) is 10.9. The van der Waals surface area contributed by atoms with Gasteiger partial charge in [-0.25, -0.2) is 0 Å². The molecule has 0 saturated carbocycles. The van der Waals surface area contributed by atoms with Crippen LogP contribution in [0.3, 0.4) is 0 Å². The second-order valence-electron chi connectivity index (χ2n) is 2.83. The Bertz CT molecular complexity index is 523. The smallest absolute Gasteiger partial charge is 0.417 e. The molecule has 0 spiro atoms. The molecule has 8 heteroatoms. The van der Waals surface area contributed by atoms with Crippen molar-refractivity contribution in [3.8, 4) is 0 Å². The maximum atomic E-state index is 10.8. The summed E-state index contributed by atoms with van der Waals surface area (Å²) in [6.07, 6.45) is -1.74. The minimum absolute atomic E-state index is 0.595. The van der Waals surface area contributed by atoms with Crippen molar-refractivity contribution >= 4 is 17.8 Å². The first-order chi connectivity index (χ1) is 8.73. The number of nitrogens with zero attached hydrogens (tertiary/aromatic N) is 1. The number of carbonyl (C=O) groups is 2. The Morgan fingerprint density at radius 2 is 1.94 bits per heavy atom. The van der Waals surface area contributed by atoms with Crippen LogP contribution in [0.25, 0.3) is 0 Å². The van der Waals surface area contributed by atoms with Gasteiger partial charge in [0.05, 0.1) is 8.78 Å². The Morgan fingerprint density at radius 3 is 2.29 bits per heavy atom. The van der Waals surface area contributed by atoms with Crippen molar-refractivity contribution in [3.05, 3.63) is 28.0 Å². The lowest BCUT2D eigenvalue weighted by Crippen LogP contribution is -2.14. The summed E-state index contributed by atoms with van der Waals surface area (Å²) in [5.74, 6) is -3.29.